The van der Waals surface area contributed by atoms with E-state index in [9.17, 15) is 26.7 Å². The molecule has 0 unspecified atom stereocenters. The molecule has 0 atom stereocenters. The van der Waals surface area contributed by atoms with E-state index in [2.05, 4.69) is 4.18 Å². The van der Waals surface area contributed by atoms with Crippen molar-refractivity contribution in [2.75, 3.05) is 0 Å². The minimum atomic E-state index is -4.55. The first-order valence-electron chi connectivity index (χ1n) is 6.99. The molecule has 1 N–H and O–H groups in total. The fraction of sp³-hybridized carbons (Fsp3) is 0.467. The molecule has 1 aromatic rings. The van der Waals surface area contributed by atoms with Gasteiger partial charge in [-0.2, -0.15) is 8.42 Å². The predicted molar refractivity (Wildman–Crippen MR) is 79.1 cm³/mol. The quantitative estimate of drug-likeness (QED) is 0.600. The van der Waals surface area contributed by atoms with E-state index in [0.717, 1.165) is 5.56 Å². The van der Waals surface area contributed by atoms with Crippen molar-refractivity contribution in [3.63, 3.8) is 0 Å². The second kappa shape index (κ2) is 7.35. The summed E-state index contributed by atoms with van der Waals surface area (Å²) in [6, 6.07) is 5.38. The van der Waals surface area contributed by atoms with E-state index in [1.54, 1.807) is 6.92 Å². The Morgan fingerprint density at radius 2 is 1.70 bits per heavy atom. The summed E-state index contributed by atoms with van der Waals surface area (Å²) in [5.74, 6) is -3.36. The molecular weight excluding hydrogens is 333 g/mol. The Morgan fingerprint density at radius 3 is 2.09 bits per heavy atom. The third-order valence-electron chi connectivity index (χ3n) is 3.50. The van der Waals surface area contributed by atoms with E-state index in [1.165, 1.54) is 38.1 Å². The van der Waals surface area contributed by atoms with Gasteiger partial charge in [0.15, 0.2) is 5.76 Å². The molecule has 0 saturated heterocycles. The number of aliphatic hydroxyl groups is 1. The second-order valence-electron chi connectivity index (χ2n) is 5.07. The van der Waals surface area contributed by atoms with Crippen molar-refractivity contribution in [1.29, 1.82) is 0 Å². The van der Waals surface area contributed by atoms with Gasteiger partial charge in [0.1, 0.15) is 10.5 Å². The Morgan fingerprint density at radius 1 is 1.22 bits per heavy atom. The molecule has 0 saturated carbocycles. The Hall–Kier alpha value is -1.54. The molecule has 23 heavy (non-hydrogen) atoms. The molecule has 0 aliphatic carbocycles. The highest BCUT2D eigenvalue weighted by atomic mass is 32.2. The monoisotopic (exact) mass is 352 g/mol. The Labute approximate surface area is 133 Å². The minimum absolute atomic E-state index is 0.192. The van der Waals surface area contributed by atoms with Crippen LogP contribution in [0.25, 0.3) is 0 Å². The zero-order valence-corrected chi connectivity index (χ0v) is 13.8. The van der Waals surface area contributed by atoms with E-state index in [1.807, 2.05) is 0 Å². The highest BCUT2D eigenvalue weighted by molar-refractivity contribution is 7.86. The molecule has 8 heteroatoms. The van der Waals surface area contributed by atoms with Crippen molar-refractivity contribution in [3.8, 4) is 0 Å². The number of benzene rings is 1. The van der Waals surface area contributed by atoms with Gasteiger partial charge < -0.3 is 9.29 Å². The van der Waals surface area contributed by atoms with Crippen molar-refractivity contribution >= 4 is 10.1 Å². The lowest BCUT2D eigenvalue weighted by atomic mass is 9.94. The lowest BCUT2D eigenvalue weighted by molar-refractivity contribution is 0.0231. The zero-order chi connectivity index (χ0) is 17.8. The SMILES string of the molecule is CCC(O)(CC)/C(OS(=O)(=O)c1ccc(C)cc1)=C(/F)C(F)F. The summed E-state index contributed by atoms with van der Waals surface area (Å²) in [5, 5.41) is 10.2. The first-order chi connectivity index (χ1) is 10.6. The van der Waals surface area contributed by atoms with Crippen molar-refractivity contribution in [2.24, 2.45) is 0 Å². The van der Waals surface area contributed by atoms with Crippen molar-refractivity contribution in [3.05, 3.63) is 41.4 Å². The fourth-order valence-electron chi connectivity index (χ4n) is 1.87. The molecule has 1 rings (SSSR count). The van der Waals surface area contributed by atoms with Crippen LogP contribution < -0.4 is 0 Å². The molecule has 0 spiro atoms. The van der Waals surface area contributed by atoms with Crippen LogP contribution in [0.2, 0.25) is 0 Å². The second-order valence-corrected chi connectivity index (χ2v) is 6.61. The lowest BCUT2D eigenvalue weighted by Gasteiger charge is -2.28. The summed E-state index contributed by atoms with van der Waals surface area (Å²) in [5.41, 5.74) is -1.37. The number of alkyl halides is 2. The third-order valence-corrected chi connectivity index (χ3v) is 4.74. The van der Waals surface area contributed by atoms with Gasteiger partial charge in [-0.05, 0) is 31.9 Å². The number of hydrogen-bond acceptors (Lipinski definition) is 4. The maximum Gasteiger partial charge on any atom is 0.339 e. The number of halogens is 3. The maximum atomic E-state index is 13.7. The van der Waals surface area contributed by atoms with Gasteiger partial charge in [-0.3, -0.25) is 0 Å². The predicted octanol–water partition coefficient (Wildman–Crippen LogP) is 3.70. The van der Waals surface area contributed by atoms with Gasteiger partial charge in [0.25, 0.3) is 6.43 Å². The Kier molecular flexibility index (Phi) is 6.24. The number of hydrogen-bond donors (Lipinski definition) is 1. The largest absolute Gasteiger partial charge is 0.382 e. The van der Waals surface area contributed by atoms with E-state index in [0.29, 0.717) is 0 Å². The topological polar surface area (TPSA) is 63.6 Å². The van der Waals surface area contributed by atoms with Crippen LogP contribution in [0.15, 0.2) is 40.7 Å². The highest BCUT2D eigenvalue weighted by Gasteiger charge is 2.39. The Bertz CT molecular complexity index is 662. The summed E-state index contributed by atoms with van der Waals surface area (Å²) in [6.07, 6.45) is -3.98. The molecule has 0 amide bonds. The summed E-state index contributed by atoms with van der Waals surface area (Å²) < 4.78 is 68.1. The zero-order valence-electron chi connectivity index (χ0n) is 13.0. The van der Waals surface area contributed by atoms with E-state index in [4.69, 9.17) is 0 Å². The van der Waals surface area contributed by atoms with Gasteiger partial charge in [-0.25, -0.2) is 13.2 Å². The minimum Gasteiger partial charge on any atom is -0.382 e. The first kappa shape index (κ1) is 19.5. The van der Waals surface area contributed by atoms with Crippen LogP contribution in [-0.2, 0) is 14.3 Å². The molecule has 0 fully saturated rings. The highest BCUT2D eigenvalue weighted by Crippen LogP contribution is 2.34. The van der Waals surface area contributed by atoms with Crippen LogP contribution in [0.1, 0.15) is 32.3 Å². The molecule has 0 radical (unpaired) electrons. The van der Waals surface area contributed by atoms with Crippen LogP contribution in [-0.4, -0.2) is 25.6 Å². The van der Waals surface area contributed by atoms with Crippen LogP contribution in [0.5, 0.6) is 0 Å². The van der Waals surface area contributed by atoms with Crippen molar-refractivity contribution in [1.82, 2.24) is 0 Å². The molecule has 0 bridgehead atoms. The van der Waals surface area contributed by atoms with Crippen LogP contribution in [0.3, 0.4) is 0 Å². The molecule has 4 nitrogen and oxygen atoms in total. The molecule has 0 heterocycles. The number of allylic oxidation sites excluding steroid dienone is 1. The molecule has 1 aromatic carbocycles. The standard InChI is InChI=1S/C15H19F3O4S/c1-4-15(19,5-2)13(12(16)14(17)18)22-23(20,21)11-8-6-10(3)7-9-11/h6-9,14,19H,4-5H2,1-3H3/b13-12-. The van der Waals surface area contributed by atoms with Crippen LogP contribution >= 0.6 is 0 Å². The normalized spacial score (nSPS) is 13.9. The molecule has 0 aliphatic heterocycles. The van der Waals surface area contributed by atoms with E-state index < -0.39 is 33.7 Å². The van der Waals surface area contributed by atoms with Crippen LogP contribution in [0.4, 0.5) is 13.2 Å². The number of aryl methyl sites for hydroxylation is 1. The average Bonchev–Trinajstić information content (AvgIpc) is 2.51. The maximum absolute atomic E-state index is 13.7. The summed E-state index contributed by atoms with van der Waals surface area (Å²) >= 11 is 0. The van der Waals surface area contributed by atoms with Crippen molar-refractivity contribution in [2.45, 2.75) is 50.5 Å². The van der Waals surface area contributed by atoms with Gasteiger partial charge in [0.2, 0.25) is 5.83 Å². The lowest BCUT2D eigenvalue weighted by Crippen LogP contribution is -2.33. The van der Waals surface area contributed by atoms with Crippen LogP contribution in [0, 0.1) is 6.92 Å². The first-order valence-corrected chi connectivity index (χ1v) is 8.40. The summed E-state index contributed by atoms with van der Waals surface area (Å²) in [6.45, 7) is 4.54. The molecule has 0 aromatic heterocycles. The van der Waals surface area contributed by atoms with Crippen molar-refractivity contribution < 1.29 is 30.9 Å². The fourth-order valence-corrected chi connectivity index (χ4v) is 2.89. The third kappa shape index (κ3) is 4.48. The smallest absolute Gasteiger partial charge is 0.339 e. The Balaban J connectivity index is 3.36. The van der Waals surface area contributed by atoms with Gasteiger partial charge in [0, 0.05) is 0 Å². The van der Waals surface area contributed by atoms with E-state index >= 15 is 0 Å². The molecular formula is C15H19F3O4S. The number of rotatable bonds is 7. The average molecular weight is 352 g/mol. The van der Waals surface area contributed by atoms with Gasteiger partial charge in [-0.15, -0.1) is 0 Å². The summed E-state index contributed by atoms with van der Waals surface area (Å²) in [4.78, 5) is -0.322. The summed E-state index contributed by atoms with van der Waals surface area (Å²) in [7, 11) is -4.55. The van der Waals surface area contributed by atoms with Gasteiger partial charge in [-0.1, -0.05) is 31.5 Å². The van der Waals surface area contributed by atoms with E-state index in [-0.39, 0.29) is 17.7 Å². The van der Waals surface area contributed by atoms with Gasteiger partial charge in [0.05, 0.1) is 0 Å². The molecule has 0 aliphatic rings. The van der Waals surface area contributed by atoms with Gasteiger partial charge >= 0.3 is 10.1 Å². The molecule has 130 valence electrons.